The van der Waals surface area contributed by atoms with E-state index in [4.69, 9.17) is 4.74 Å². The van der Waals surface area contributed by atoms with Gasteiger partial charge in [0.1, 0.15) is 17.4 Å². The van der Waals surface area contributed by atoms with Crippen LogP contribution in [0, 0.1) is 18.7 Å². The highest BCUT2D eigenvalue weighted by Crippen LogP contribution is 2.17. The lowest BCUT2D eigenvalue weighted by Gasteiger charge is -2.12. The summed E-state index contributed by atoms with van der Waals surface area (Å²) in [5, 5.41) is 11.0. The topological polar surface area (TPSA) is 90.5 Å². The zero-order chi connectivity index (χ0) is 24.2. The predicted octanol–water partition coefficient (Wildman–Crippen LogP) is 3.93. The lowest BCUT2D eigenvalue weighted by molar-refractivity contribution is -0.116. The van der Waals surface area contributed by atoms with Gasteiger partial charge in [0.25, 0.3) is 0 Å². The molecule has 0 radical (unpaired) electrons. The number of carbonyl (C=O) groups excluding carboxylic acids is 1. The Kier molecular flexibility index (Phi) is 6.72. The van der Waals surface area contributed by atoms with Crippen molar-refractivity contribution >= 4 is 17.2 Å². The van der Waals surface area contributed by atoms with Crippen LogP contribution in [0.3, 0.4) is 0 Å². The van der Waals surface area contributed by atoms with Gasteiger partial charge in [-0.3, -0.25) is 18.6 Å². The molecule has 0 bridgehead atoms. The molecule has 8 nitrogen and oxygen atoms in total. The number of amides is 1. The van der Waals surface area contributed by atoms with Crippen LogP contribution in [-0.4, -0.2) is 31.7 Å². The molecule has 0 saturated carbocycles. The van der Waals surface area contributed by atoms with Crippen LogP contribution in [0.25, 0.3) is 11.3 Å². The van der Waals surface area contributed by atoms with E-state index in [1.165, 1.54) is 10.6 Å². The molecule has 4 rings (SSSR count). The van der Waals surface area contributed by atoms with Crippen molar-refractivity contribution in [3.05, 3.63) is 82.4 Å². The minimum Gasteiger partial charge on any atom is -0.494 e. The van der Waals surface area contributed by atoms with E-state index in [0.29, 0.717) is 35.8 Å². The smallest absolute Gasteiger partial charge is 0.300 e. The van der Waals surface area contributed by atoms with Gasteiger partial charge in [-0.15, -0.1) is 10.2 Å². The van der Waals surface area contributed by atoms with Crippen molar-refractivity contribution in [1.82, 2.24) is 19.2 Å². The van der Waals surface area contributed by atoms with E-state index < -0.39 is 0 Å². The van der Waals surface area contributed by atoms with Crippen molar-refractivity contribution in [3.63, 3.8) is 0 Å². The zero-order valence-electron chi connectivity index (χ0n) is 19.3. The van der Waals surface area contributed by atoms with Crippen LogP contribution in [0.1, 0.15) is 31.7 Å². The molecule has 2 heterocycles. The van der Waals surface area contributed by atoms with E-state index in [1.54, 1.807) is 48.0 Å². The highest BCUT2D eigenvalue weighted by molar-refractivity contribution is 5.90. The van der Waals surface area contributed by atoms with Gasteiger partial charge in [0.15, 0.2) is 0 Å². The second-order valence-electron chi connectivity index (χ2n) is 8.24. The Morgan fingerprint density at radius 1 is 1.15 bits per heavy atom. The second-order valence-corrected chi connectivity index (χ2v) is 8.24. The Morgan fingerprint density at radius 3 is 2.62 bits per heavy atom. The van der Waals surface area contributed by atoms with Crippen LogP contribution in [0.2, 0.25) is 0 Å². The Hall–Kier alpha value is -4.01. The molecular weight excluding hydrogens is 437 g/mol. The third-order valence-corrected chi connectivity index (χ3v) is 5.49. The summed E-state index contributed by atoms with van der Waals surface area (Å²) in [4.78, 5) is 25.4. The fourth-order valence-electron chi connectivity index (χ4n) is 3.73. The molecule has 1 atom stereocenters. The zero-order valence-corrected chi connectivity index (χ0v) is 19.3. The normalized spacial score (nSPS) is 12.0. The van der Waals surface area contributed by atoms with E-state index in [9.17, 15) is 14.0 Å². The molecule has 0 saturated heterocycles. The maximum Gasteiger partial charge on any atom is 0.300 e. The molecule has 9 heteroatoms. The highest BCUT2D eigenvalue weighted by atomic mass is 19.1. The standard InChI is InChI=1S/C25H26FN5O3/c1-4-34-20-9-7-19(8-10-20)30-11-12-31-22(28-29-24(31)25(30)33)13-16(2)14-23(32)27-18-6-5-17(3)21(26)15-18/h5-12,15-16H,4,13-14H2,1-3H3,(H,27,32)/t16-/m1/s1. The summed E-state index contributed by atoms with van der Waals surface area (Å²) in [6, 6.07) is 11.8. The first kappa shape index (κ1) is 23.2. The number of rotatable bonds is 8. The molecule has 34 heavy (non-hydrogen) atoms. The van der Waals surface area contributed by atoms with Crippen molar-refractivity contribution in [1.29, 1.82) is 0 Å². The molecule has 0 aliphatic carbocycles. The van der Waals surface area contributed by atoms with Crippen molar-refractivity contribution in [2.45, 2.75) is 33.6 Å². The SMILES string of the molecule is CCOc1ccc(-n2ccn3c(C[C@@H](C)CC(=O)Nc4ccc(C)c(F)c4)nnc3c2=O)cc1. The van der Waals surface area contributed by atoms with E-state index in [1.807, 2.05) is 26.0 Å². The fourth-order valence-corrected chi connectivity index (χ4v) is 3.73. The van der Waals surface area contributed by atoms with Gasteiger partial charge < -0.3 is 10.1 Å². The number of carbonyl (C=O) groups is 1. The minimum atomic E-state index is -0.364. The number of anilines is 1. The molecule has 2 aromatic carbocycles. The minimum absolute atomic E-state index is 0.0729. The number of nitrogens with one attached hydrogen (secondary N) is 1. The van der Waals surface area contributed by atoms with Crippen LogP contribution in [0.5, 0.6) is 5.75 Å². The van der Waals surface area contributed by atoms with Gasteiger partial charge in [-0.05, 0) is 61.7 Å². The first-order valence-corrected chi connectivity index (χ1v) is 11.1. The average molecular weight is 464 g/mol. The van der Waals surface area contributed by atoms with Crippen molar-refractivity contribution < 1.29 is 13.9 Å². The summed E-state index contributed by atoms with van der Waals surface area (Å²) in [7, 11) is 0. The van der Waals surface area contributed by atoms with Crippen LogP contribution >= 0.6 is 0 Å². The maximum atomic E-state index is 13.7. The number of hydrogen-bond donors (Lipinski definition) is 1. The summed E-state index contributed by atoms with van der Waals surface area (Å²) in [6.07, 6.45) is 4.07. The molecule has 0 fully saturated rings. The molecule has 2 aromatic heterocycles. The maximum absolute atomic E-state index is 13.7. The quantitative estimate of drug-likeness (QED) is 0.428. The third kappa shape index (κ3) is 4.98. The number of aryl methyl sites for hydroxylation is 1. The van der Waals surface area contributed by atoms with Gasteiger partial charge in [-0.25, -0.2) is 4.39 Å². The van der Waals surface area contributed by atoms with Crippen LogP contribution < -0.4 is 15.6 Å². The number of benzene rings is 2. The number of halogens is 1. The Labute approximate surface area is 196 Å². The summed E-state index contributed by atoms with van der Waals surface area (Å²) >= 11 is 0. The Balaban J connectivity index is 1.46. The second kappa shape index (κ2) is 9.86. The Bertz CT molecular complexity index is 1380. The monoisotopic (exact) mass is 463 g/mol. The van der Waals surface area contributed by atoms with E-state index >= 15 is 0 Å². The van der Waals surface area contributed by atoms with Gasteiger partial charge in [-0.2, -0.15) is 0 Å². The number of nitrogens with zero attached hydrogens (tertiary/aromatic N) is 4. The molecule has 1 N–H and O–H groups in total. The van der Waals surface area contributed by atoms with Gasteiger partial charge >= 0.3 is 5.56 Å². The number of aromatic nitrogens is 4. The molecule has 176 valence electrons. The van der Waals surface area contributed by atoms with Crippen molar-refractivity contribution in [2.24, 2.45) is 5.92 Å². The van der Waals surface area contributed by atoms with Gasteiger partial charge in [-0.1, -0.05) is 13.0 Å². The van der Waals surface area contributed by atoms with E-state index in [0.717, 1.165) is 5.75 Å². The van der Waals surface area contributed by atoms with Gasteiger partial charge in [0.05, 0.1) is 6.61 Å². The summed E-state index contributed by atoms with van der Waals surface area (Å²) < 4.78 is 22.3. The molecular formula is C25H26FN5O3. The van der Waals surface area contributed by atoms with Gasteiger partial charge in [0.2, 0.25) is 11.6 Å². The molecule has 0 unspecified atom stereocenters. The molecule has 0 aliphatic rings. The van der Waals surface area contributed by atoms with E-state index in [-0.39, 0.29) is 35.3 Å². The molecule has 0 aliphatic heterocycles. The fraction of sp³-hybridized carbons (Fsp3) is 0.280. The first-order valence-electron chi connectivity index (χ1n) is 11.1. The lowest BCUT2D eigenvalue weighted by Crippen LogP contribution is -2.21. The van der Waals surface area contributed by atoms with Crippen molar-refractivity contribution in [3.8, 4) is 11.4 Å². The molecule has 4 aromatic rings. The number of hydrogen-bond acceptors (Lipinski definition) is 5. The first-order chi connectivity index (χ1) is 16.4. The summed E-state index contributed by atoms with van der Waals surface area (Å²) in [6.45, 7) is 6.06. The number of fused-ring (bicyclic) bond motifs is 1. The molecule has 0 spiro atoms. The molecule has 1 amide bonds. The highest BCUT2D eigenvalue weighted by Gasteiger charge is 2.17. The largest absolute Gasteiger partial charge is 0.494 e. The van der Waals surface area contributed by atoms with Crippen LogP contribution in [0.15, 0.2) is 59.7 Å². The summed E-state index contributed by atoms with van der Waals surface area (Å²) in [5.41, 5.74) is 1.54. The van der Waals surface area contributed by atoms with Crippen LogP contribution in [0.4, 0.5) is 10.1 Å². The van der Waals surface area contributed by atoms with Crippen LogP contribution in [-0.2, 0) is 11.2 Å². The Morgan fingerprint density at radius 2 is 1.91 bits per heavy atom. The number of ether oxygens (including phenoxy) is 1. The van der Waals surface area contributed by atoms with Gasteiger partial charge in [0, 0.05) is 36.6 Å². The third-order valence-electron chi connectivity index (χ3n) is 5.49. The predicted molar refractivity (Wildman–Crippen MR) is 127 cm³/mol. The average Bonchev–Trinajstić information content (AvgIpc) is 3.21. The summed E-state index contributed by atoms with van der Waals surface area (Å²) in [5.74, 6) is 0.665. The van der Waals surface area contributed by atoms with E-state index in [2.05, 4.69) is 15.5 Å². The lowest BCUT2D eigenvalue weighted by atomic mass is 10.0. The van der Waals surface area contributed by atoms with Crippen molar-refractivity contribution in [2.75, 3.05) is 11.9 Å².